The monoisotopic (exact) mass is 510 g/mol. The van der Waals surface area contributed by atoms with Gasteiger partial charge in [-0.15, -0.1) is 0 Å². The van der Waals surface area contributed by atoms with Crippen molar-refractivity contribution in [2.24, 2.45) is 0 Å². The first-order valence-electron chi connectivity index (χ1n) is 16.2. The minimum absolute atomic E-state index is 0.373. The maximum absolute atomic E-state index is 5.96. The zero-order valence-corrected chi connectivity index (χ0v) is 25.4. The van der Waals surface area contributed by atoms with E-state index in [1.165, 1.54) is 141 Å². The number of nitrogens with zero attached hydrogens (tertiary/aromatic N) is 1. The molecule has 0 spiro atoms. The fraction of sp³-hybridized carbons (Fsp3) is 0.939. The van der Waals surface area contributed by atoms with Crippen molar-refractivity contribution >= 4 is 0 Å². The van der Waals surface area contributed by atoms with Gasteiger partial charge in [-0.3, -0.25) is 0 Å². The first-order chi connectivity index (χ1) is 17.7. The SMILES string of the molecule is CCCCCCCC/C=C\CCCCCCCCCCCCOCC(COCCCCCC)N(C)C. The number of likely N-dealkylation sites (N-methyl/N-ethyl adjacent to an activating group) is 1. The molecule has 0 aromatic carbocycles. The second-order valence-corrected chi connectivity index (χ2v) is 11.2. The van der Waals surface area contributed by atoms with Crippen LogP contribution >= 0.6 is 0 Å². The van der Waals surface area contributed by atoms with Crippen LogP contribution in [-0.4, -0.2) is 51.5 Å². The van der Waals surface area contributed by atoms with Gasteiger partial charge in [0.1, 0.15) is 0 Å². The summed E-state index contributed by atoms with van der Waals surface area (Å²) in [6.45, 7) is 7.90. The van der Waals surface area contributed by atoms with Gasteiger partial charge < -0.3 is 14.4 Å². The normalized spacial score (nSPS) is 12.8. The van der Waals surface area contributed by atoms with Crippen LogP contribution in [0, 0.1) is 0 Å². The Balaban J connectivity index is 3.31. The molecule has 0 bridgehead atoms. The van der Waals surface area contributed by atoms with Crippen LogP contribution in [0.2, 0.25) is 0 Å². The quantitative estimate of drug-likeness (QED) is 0.0710. The lowest BCUT2D eigenvalue weighted by molar-refractivity contribution is 0.0198. The average molecular weight is 510 g/mol. The Morgan fingerprint density at radius 2 is 0.806 bits per heavy atom. The minimum Gasteiger partial charge on any atom is -0.380 e. The first-order valence-corrected chi connectivity index (χ1v) is 16.2. The molecular weight excluding hydrogens is 442 g/mol. The van der Waals surface area contributed by atoms with Crippen molar-refractivity contribution in [3.05, 3.63) is 12.2 Å². The third-order valence-corrected chi connectivity index (χ3v) is 7.29. The number of ether oxygens (including phenoxy) is 2. The van der Waals surface area contributed by atoms with E-state index in [1.807, 2.05) is 0 Å². The van der Waals surface area contributed by atoms with E-state index in [0.717, 1.165) is 26.4 Å². The van der Waals surface area contributed by atoms with Crippen LogP contribution in [0.25, 0.3) is 0 Å². The molecule has 0 aromatic rings. The second kappa shape index (κ2) is 30.8. The number of rotatable bonds is 30. The van der Waals surface area contributed by atoms with Gasteiger partial charge in [-0.2, -0.15) is 0 Å². The second-order valence-electron chi connectivity index (χ2n) is 11.2. The summed E-state index contributed by atoms with van der Waals surface area (Å²) in [5.41, 5.74) is 0. The summed E-state index contributed by atoms with van der Waals surface area (Å²) < 4.78 is 11.8. The van der Waals surface area contributed by atoms with Crippen molar-refractivity contribution in [2.45, 2.75) is 161 Å². The molecule has 0 heterocycles. The molecule has 0 aromatic heterocycles. The molecule has 1 atom stereocenters. The largest absolute Gasteiger partial charge is 0.380 e. The van der Waals surface area contributed by atoms with Crippen molar-refractivity contribution in [1.29, 1.82) is 0 Å². The molecule has 3 heteroatoms. The fourth-order valence-electron chi connectivity index (χ4n) is 4.57. The van der Waals surface area contributed by atoms with Crippen LogP contribution in [0.4, 0.5) is 0 Å². The highest BCUT2D eigenvalue weighted by Crippen LogP contribution is 2.12. The van der Waals surface area contributed by atoms with E-state index in [1.54, 1.807) is 0 Å². The highest BCUT2D eigenvalue weighted by molar-refractivity contribution is 4.81. The maximum Gasteiger partial charge on any atom is 0.0644 e. The standard InChI is InChI=1S/C33H67NO2/c1-5-7-9-11-12-13-14-15-16-17-18-19-20-21-22-23-24-25-26-28-30-36-32-33(34(3)4)31-35-29-27-10-8-6-2/h15-16,33H,5-14,17-32H2,1-4H3/b16-15-. The van der Waals surface area contributed by atoms with Gasteiger partial charge in [0.2, 0.25) is 0 Å². The van der Waals surface area contributed by atoms with Crippen LogP contribution in [0.3, 0.4) is 0 Å². The average Bonchev–Trinajstić information content (AvgIpc) is 2.87. The van der Waals surface area contributed by atoms with Crippen molar-refractivity contribution in [1.82, 2.24) is 4.90 Å². The molecule has 3 nitrogen and oxygen atoms in total. The Morgan fingerprint density at radius 3 is 1.19 bits per heavy atom. The highest BCUT2D eigenvalue weighted by Gasteiger charge is 2.11. The lowest BCUT2D eigenvalue weighted by Crippen LogP contribution is -2.37. The van der Waals surface area contributed by atoms with Gasteiger partial charge in [-0.1, -0.05) is 129 Å². The van der Waals surface area contributed by atoms with Crippen LogP contribution < -0.4 is 0 Å². The predicted molar refractivity (Wildman–Crippen MR) is 161 cm³/mol. The van der Waals surface area contributed by atoms with E-state index >= 15 is 0 Å². The molecule has 0 rings (SSSR count). The van der Waals surface area contributed by atoms with Crippen LogP contribution in [0.15, 0.2) is 12.2 Å². The van der Waals surface area contributed by atoms with Crippen LogP contribution in [0.5, 0.6) is 0 Å². The van der Waals surface area contributed by atoms with E-state index in [4.69, 9.17) is 9.47 Å². The van der Waals surface area contributed by atoms with Gasteiger partial charge in [0.05, 0.1) is 19.3 Å². The molecule has 0 radical (unpaired) electrons. The van der Waals surface area contributed by atoms with Gasteiger partial charge in [0.15, 0.2) is 0 Å². The third kappa shape index (κ3) is 28.2. The zero-order chi connectivity index (χ0) is 26.4. The molecule has 0 N–H and O–H groups in total. The maximum atomic E-state index is 5.96. The Kier molecular flexibility index (Phi) is 30.5. The van der Waals surface area contributed by atoms with Crippen LogP contribution in [-0.2, 0) is 9.47 Å². The Bertz CT molecular complexity index is 424. The summed E-state index contributed by atoms with van der Waals surface area (Å²) in [6, 6.07) is 0.373. The molecule has 1 unspecified atom stereocenters. The molecule has 0 aliphatic rings. The smallest absolute Gasteiger partial charge is 0.0644 e. The van der Waals surface area contributed by atoms with Gasteiger partial charge in [-0.05, 0) is 52.6 Å². The van der Waals surface area contributed by atoms with E-state index in [0.29, 0.717) is 6.04 Å². The van der Waals surface area contributed by atoms with Gasteiger partial charge in [-0.25, -0.2) is 0 Å². The molecule has 0 saturated heterocycles. The Morgan fingerprint density at radius 1 is 0.472 bits per heavy atom. The first kappa shape index (κ1) is 35.6. The molecule has 0 aliphatic heterocycles. The van der Waals surface area contributed by atoms with Gasteiger partial charge >= 0.3 is 0 Å². The number of hydrogen-bond acceptors (Lipinski definition) is 3. The molecule has 216 valence electrons. The number of unbranched alkanes of at least 4 members (excludes halogenated alkanes) is 19. The molecule has 36 heavy (non-hydrogen) atoms. The van der Waals surface area contributed by atoms with Gasteiger partial charge in [0.25, 0.3) is 0 Å². The topological polar surface area (TPSA) is 21.7 Å². The predicted octanol–water partition coefficient (Wildman–Crippen LogP) is 10.1. The summed E-state index contributed by atoms with van der Waals surface area (Å²) in [5, 5.41) is 0. The third-order valence-electron chi connectivity index (χ3n) is 7.29. The van der Waals surface area contributed by atoms with Crippen LogP contribution in [0.1, 0.15) is 155 Å². The Hall–Kier alpha value is -0.380. The van der Waals surface area contributed by atoms with E-state index in [9.17, 15) is 0 Å². The molecule has 0 aliphatic carbocycles. The van der Waals surface area contributed by atoms with Crippen molar-refractivity contribution in [2.75, 3.05) is 40.5 Å². The summed E-state index contributed by atoms with van der Waals surface area (Å²) in [6.07, 6.45) is 34.7. The number of allylic oxidation sites excluding steroid dienone is 2. The lowest BCUT2D eigenvalue weighted by Gasteiger charge is -2.24. The molecule has 0 amide bonds. The summed E-state index contributed by atoms with van der Waals surface area (Å²) >= 11 is 0. The molecule has 0 saturated carbocycles. The van der Waals surface area contributed by atoms with Crippen molar-refractivity contribution < 1.29 is 9.47 Å². The zero-order valence-electron chi connectivity index (χ0n) is 25.4. The van der Waals surface area contributed by atoms with E-state index in [-0.39, 0.29) is 0 Å². The minimum atomic E-state index is 0.373. The summed E-state index contributed by atoms with van der Waals surface area (Å²) in [5.74, 6) is 0. The van der Waals surface area contributed by atoms with E-state index in [2.05, 4.69) is 45.0 Å². The van der Waals surface area contributed by atoms with Crippen molar-refractivity contribution in [3.63, 3.8) is 0 Å². The lowest BCUT2D eigenvalue weighted by atomic mass is 10.1. The highest BCUT2D eigenvalue weighted by atomic mass is 16.5. The summed E-state index contributed by atoms with van der Waals surface area (Å²) in [4.78, 5) is 2.24. The summed E-state index contributed by atoms with van der Waals surface area (Å²) in [7, 11) is 4.26. The van der Waals surface area contributed by atoms with Gasteiger partial charge in [0, 0.05) is 13.2 Å². The fourth-order valence-corrected chi connectivity index (χ4v) is 4.57. The molecule has 0 fully saturated rings. The molecular formula is C33H67NO2. The number of hydrogen-bond donors (Lipinski definition) is 0. The Labute approximate surface area is 228 Å². The van der Waals surface area contributed by atoms with Crippen molar-refractivity contribution in [3.8, 4) is 0 Å². The van der Waals surface area contributed by atoms with E-state index < -0.39 is 0 Å².